The number of hydrogen-bond acceptors (Lipinski definition) is 8. The Kier molecular flexibility index (Phi) is 8.64. The van der Waals surface area contributed by atoms with Gasteiger partial charge in [-0.05, 0) is 36.2 Å². The number of hydrogen-bond donors (Lipinski definition) is 2. The molecule has 2 aliphatic heterocycles. The number of nitrogens with zero attached hydrogens (tertiary/aromatic N) is 3. The molecule has 1 atom stereocenters. The van der Waals surface area contributed by atoms with Crippen LogP contribution >= 0.6 is 11.8 Å². The first-order valence-electron chi connectivity index (χ1n) is 13.0. The van der Waals surface area contributed by atoms with E-state index in [1.807, 2.05) is 54.6 Å². The van der Waals surface area contributed by atoms with Gasteiger partial charge in [0.05, 0.1) is 37.8 Å². The van der Waals surface area contributed by atoms with Crippen LogP contribution in [0.15, 0.2) is 82.8 Å². The fraction of sp³-hybridized carbons (Fsp3) is 0.233. The number of anilines is 1. The Hall–Kier alpha value is -4.64. The number of ether oxygens (including phenoxy) is 2. The van der Waals surface area contributed by atoms with Crippen LogP contribution < -0.4 is 20.1 Å². The molecule has 2 aliphatic rings. The molecule has 0 radical (unpaired) electrons. The second-order valence-electron chi connectivity index (χ2n) is 9.25. The molecule has 2 N–H and O–H groups in total. The smallest absolute Gasteiger partial charge is 0.259 e. The molecule has 0 aromatic heterocycles. The third kappa shape index (κ3) is 6.41. The molecule has 10 nitrogen and oxygen atoms in total. The van der Waals surface area contributed by atoms with Gasteiger partial charge in [-0.2, -0.15) is 0 Å². The summed E-state index contributed by atoms with van der Waals surface area (Å²) in [4.78, 5) is 49.8. The fourth-order valence-corrected chi connectivity index (χ4v) is 5.30. The number of benzene rings is 3. The van der Waals surface area contributed by atoms with Gasteiger partial charge in [0.15, 0.2) is 5.17 Å². The maximum atomic E-state index is 13.5. The Bertz CT molecular complexity index is 1520. The summed E-state index contributed by atoms with van der Waals surface area (Å²) in [6.07, 6.45) is 0.611. The predicted molar refractivity (Wildman–Crippen MR) is 159 cm³/mol. The van der Waals surface area contributed by atoms with Crippen molar-refractivity contribution in [2.24, 2.45) is 9.98 Å². The highest BCUT2D eigenvalue weighted by Gasteiger charge is 2.42. The predicted octanol–water partition coefficient (Wildman–Crippen LogP) is 3.78. The van der Waals surface area contributed by atoms with Crippen molar-refractivity contribution in [1.82, 2.24) is 10.2 Å². The van der Waals surface area contributed by atoms with Crippen molar-refractivity contribution in [3.63, 3.8) is 0 Å². The number of amidine groups is 2. The van der Waals surface area contributed by atoms with Crippen molar-refractivity contribution < 1.29 is 23.9 Å². The number of carbonyl (C=O) groups is 3. The van der Waals surface area contributed by atoms with Crippen LogP contribution in [0.5, 0.6) is 11.5 Å². The maximum Gasteiger partial charge on any atom is 0.259 e. The Balaban J connectivity index is 1.26. The number of rotatable bonds is 10. The van der Waals surface area contributed by atoms with Crippen LogP contribution in [0.1, 0.15) is 17.5 Å². The standard InChI is InChI=1S/C30H29N5O5S/c1-39-20-12-13-25(40-2)23(16-20)32-27(37)18-41-30-34-22-11-7-6-10-21(22)28-33-24(29(38)35(28)30)17-26(36)31-15-14-19-8-4-3-5-9-19/h3-13,16,24H,14-15,17-18H2,1-2H3,(H,31,36)(H,32,37)/t24-/m1/s1. The fourth-order valence-electron chi connectivity index (χ4n) is 4.50. The number of carbonyl (C=O) groups excluding carboxylic acids is 3. The highest BCUT2D eigenvalue weighted by Crippen LogP contribution is 2.34. The van der Waals surface area contributed by atoms with Gasteiger partial charge in [0.25, 0.3) is 5.91 Å². The zero-order chi connectivity index (χ0) is 28.8. The third-order valence-electron chi connectivity index (χ3n) is 6.52. The van der Waals surface area contributed by atoms with Gasteiger partial charge in [-0.1, -0.05) is 54.2 Å². The van der Waals surface area contributed by atoms with Crippen LogP contribution in [0.3, 0.4) is 0 Å². The lowest BCUT2D eigenvalue weighted by Gasteiger charge is -2.25. The number of amides is 3. The Morgan fingerprint density at radius 3 is 2.54 bits per heavy atom. The number of nitrogens with one attached hydrogen (secondary N) is 2. The largest absolute Gasteiger partial charge is 0.497 e. The van der Waals surface area contributed by atoms with Crippen LogP contribution in [0.2, 0.25) is 0 Å². The van der Waals surface area contributed by atoms with E-state index < -0.39 is 6.04 Å². The minimum absolute atomic E-state index is 0.0247. The monoisotopic (exact) mass is 571 g/mol. The first kappa shape index (κ1) is 27.9. The molecule has 210 valence electrons. The van der Waals surface area contributed by atoms with Crippen molar-refractivity contribution in [2.75, 3.05) is 31.8 Å². The molecular weight excluding hydrogens is 542 g/mol. The molecule has 0 aliphatic carbocycles. The van der Waals surface area contributed by atoms with E-state index >= 15 is 0 Å². The number of methoxy groups -OCH3 is 2. The van der Waals surface area contributed by atoms with Gasteiger partial charge in [0.2, 0.25) is 11.8 Å². The van der Waals surface area contributed by atoms with Crippen LogP contribution in [-0.2, 0) is 20.8 Å². The molecule has 3 amide bonds. The summed E-state index contributed by atoms with van der Waals surface area (Å²) in [5.41, 5.74) is 2.92. The van der Waals surface area contributed by atoms with Crippen molar-refractivity contribution in [1.29, 1.82) is 0 Å². The minimum Gasteiger partial charge on any atom is -0.497 e. The Morgan fingerprint density at radius 2 is 1.76 bits per heavy atom. The van der Waals surface area contributed by atoms with Gasteiger partial charge in [-0.3, -0.25) is 19.4 Å². The second-order valence-corrected chi connectivity index (χ2v) is 10.2. The van der Waals surface area contributed by atoms with Crippen molar-refractivity contribution in [3.05, 3.63) is 83.9 Å². The lowest BCUT2D eigenvalue weighted by atomic mass is 10.1. The van der Waals surface area contributed by atoms with Crippen LogP contribution in [-0.4, -0.2) is 66.2 Å². The molecule has 0 saturated carbocycles. The first-order valence-corrected chi connectivity index (χ1v) is 14.0. The topological polar surface area (TPSA) is 122 Å². The minimum atomic E-state index is -0.881. The Labute approximate surface area is 241 Å². The molecule has 11 heteroatoms. The van der Waals surface area contributed by atoms with E-state index in [1.165, 1.54) is 19.1 Å². The van der Waals surface area contributed by atoms with E-state index in [9.17, 15) is 14.4 Å². The average molecular weight is 572 g/mol. The molecule has 41 heavy (non-hydrogen) atoms. The number of thioether (sulfide) groups is 1. The molecule has 3 aromatic carbocycles. The summed E-state index contributed by atoms with van der Waals surface area (Å²) >= 11 is 1.11. The summed E-state index contributed by atoms with van der Waals surface area (Å²) in [6, 6.07) is 21.4. The van der Waals surface area contributed by atoms with Gasteiger partial charge in [0.1, 0.15) is 23.4 Å². The molecule has 0 unspecified atom stereocenters. The van der Waals surface area contributed by atoms with Crippen molar-refractivity contribution in [2.45, 2.75) is 18.9 Å². The van der Waals surface area contributed by atoms with Crippen molar-refractivity contribution in [3.8, 4) is 11.5 Å². The molecular formula is C30H29N5O5S. The lowest BCUT2D eigenvalue weighted by Crippen LogP contribution is -2.42. The van der Waals surface area contributed by atoms with E-state index in [2.05, 4.69) is 20.6 Å². The molecule has 5 rings (SSSR count). The quantitative estimate of drug-likeness (QED) is 0.382. The summed E-state index contributed by atoms with van der Waals surface area (Å²) in [6.45, 7) is 0.461. The average Bonchev–Trinajstić information content (AvgIpc) is 3.32. The third-order valence-corrected chi connectivity index (χ3v) is 7.46. The molecule has 0 saturated heterocycles. The molecule has 0 spiro atoms. The molecule has 0 bridgehead atoms. The number of para-hydroxylation sites is 1. The van der Waals surface area contributed by atoms with E-state index in [0.717, 1.165) is 17.3 Å². The number of aliphatic imine (C=N–C) groups is 2. The van der Waals surface area contributed by atoms with Gasteiger partial charge >= 0.3 is 0 Å². The summed E-state index contributed by atoms with van der Waals surface area (Å²) in [5.74, 6) is 0.539. The summed E-state index contributed by atoms with van der Waals surface area (Å²) < 4.78 is 10.6. The van der Waals surface area contributed by atoms with Crippen LogP contribution in [0, 0.1) is 0 Å². The van der Waals surface area contributed by atoms with Crippen molar-refractivity contribution >= 4 is 51.9 Å². The van der Waals surface area contributed by atoms with Gasteiger partial charge < -0.3 is 20.1 Å². The van der Waals surface area contributed by atoms with Crippen LogP contribution in [0.25, 0.3) is 0 Å². The SMILES string of the molecule is COc1ccc(OC)c(NC(=O)CSC2=Nc3ccccc3C3=N[C@H](CC(=O)NCCc4ccccc4)C(=O)N23)c1. The normalized spacial score (nSPS) is 15.3. The van der Waals surface area contributed by atoms with Crippen LogP contribution in [0.4, 0.5) is 11.4 Å². The van der Waals surface area contributed by atoms with E-state index in [0.29, 0.717) is 52.4 Å². The van der Waals surface area contributed by atoms with E-state index in [-0.39, 0.29) is 29.9 Å². The summed E-state index contributed by atoms with van der Waals surface area (Å²) in [7, 11) is 3.05. The molecule has 3 aromatic rings. The molecule has 2 heterocycles. The van der Waals surface area contributed by atoms with Gasteiger partial charge in [-0.15, -0.1) is 0 Å². The maximum absolute atomic E-state index is 13.5. The zero-order valence-electron chi connectivity index (χ0n) is 22.6. The highest BCUT2D eigenvalue weighted by molar-refractivity contribution is 8.14. The highest BCUT2D eigenvalue weighted by atomic mass is 32.2. The number of fused-ring (bicyclic) bond motifs is 3. The van der Waals surface area contributed by atoms with E-state index in [4.69, 9.17) is 9.47 Å². The van der Waals surface area contributed by atoms with Gasteiger partial charge in [0, 0.05) is 18.2 Å². The zero-order valence-corrected chi connectivity index (χ0v) is 23.4. The lowest BCUT2D eigenvalue weighted by molar-refractivity contribution is -0.128. The second kappa shape index (κ2) is 12.7. The van der Waals surface area contributed by atoms with E-state index in [1.54, 1.807) is 18.2 Å². The van der Waals surface area contributed by atoms with Gasteiger partial charge in [-0.25, -0.2) is 9.89 Å². The first-order chi connectivity index (χ1) is 20.0. The molecule has 0 fully saturated rings. The Morgan fingerprint density at radius 1 is 0.976 bits per heavy atom. The summed E-state index contributed by atoms with van der Waals surface area (Å²) in [5, 5.41) is 6.04.